The van der Waals surface area contributed by atoms with Gasteiger partial charge in [0.1, 0.15) is 0 Å². The summed E-state index contributed by atoms with van der Waals surface area (Å²) in [5.41, 5.74) is 1.52. The predicted molar refractivity (Wildman–Crippen MR) is 58.3 cm³/mol. The quantitative estimate of drug-likeness (QED) is 0.748. The van der Waals surface area contributed by atoms with Gasteiger partial charge in [-0.15, -0.1) is 0 Å². The van der Waals surface area contributed by atoms with Gasteiger partial charge in [-0.25, -0.2) is 4.39 Å². The molecule has 2 aromatic rings. The Labute approximate surface area is 87.0 Å². The van der Waals surface area contributed by atoms with E-state index in [0.29, 0.717) is 10.9 Å². The van der Waals surface area contributed by atoms with E-state index in [1.807, 2.05) is 0 Å². The van der Waals surface area contributed by atoms with Crippen LogP contribution in [-0.4, -0.2) is 12.1 Å². The molecular weight excluding hydrogens is 193 g/mol. The number of hydrogen-bond acceptors (Lipinski definition) is 2. The summed E-state index contributed by atoms with van der Waals surface area (Å²) in [7, 11) is 1.44. The first-order chi connectivity index (χ1) is 7.27. The van der Waals surface area contributed by atoms with Gasteiger partial charge >= 0.3 is 0 Å². The first-order valence-electron chi connectivity index (χ1n) is 4.51. The van der Waals surface area contributed by atoms with E-state index in [-0.39, 0.29) is 11.6 Å². The third-order valence-corrected chi connectivity index (χ3v) is 2.27. The van der Waals surface area contributed by atoms with Crippen LogP contribution in [0, 0.1) is 5.82 Å². The number of rotatable bonds is 2. The molecule has 15 heavy (non-hydrogen) atoms. The van der Waals surface area contributed by atoms with Crippen molar-refractivity contribution in [1.82, 2.24) is 4.98 Å². The van der Waals surface area contributed by atoms with E-state index >= 15 is 0 Å². The van der Waals surface area contributed by atoms with Crippen molar-refractivity contribution < 1.29 is 9.13 Å². The van der Waals surface area contributed by atoms with E-state index in [9.17, 15) is 4.39 Å². The van der Waals surface area contributed by atoms with Crippen LogP contribution in [0.15, 0.2) is 31.0 Å². The van der Waals surface area contributed by atoms with Crippen molar-refractivity contribution in [1.29, 1.82) is 0 Å². The number of pyridine rings is 1. The van der Waals surface area contributed by atoms with Gasteiger partial charge in [-0.2, -0.15) is 0 Å². The molecule has 2 rings (SSSR count). The van der Waals surface area contributed by atoms with Crippen LogP contribution in [0.2, 0.25) is 0 Å². The zero-order valence-electron chi connectivity index (χ0n) is 8.33. The molecule has 1 aromatic heterocycles. The van der Waals surface area contributed by atoms with Crippen LogP contribution in [0.5, 0.6) is 5.75 Å². The van der Waals surface area contributed by atoms with Crippen LogP contribution in [0.3, 0.4) is 0 Å². The molecule has 76 valence electrons. The summed E-state index contributed by atoms with van der Waals surface area (Å²) in [5.74, 6) is -0.170. The Balaban J connectivity index is 2.93. The Hall–Kier alpha value is -1.90. The fourth-order valence-corrected chi connectivity index (χ4v) is 1.58. The lowest BCUT2D eigenvalue weighted by molar-refractivity contribution is 0.392. The maximum atomic E-state index is 13.4. The summed E-state index contributed by atoms with van der Waals surface area (Å²) in [6, 6.07) is 4.75. The van der Waals surface area contributed by atoms with Gasteiger partial charge in [0.2, 0.25) is 0 Å². The summed E-state index contributed by atoms with van der Waals surface area (Å²) in [6.45, 7) is 3.68. The highest BCUT2D eigenvalue weighted by Gasteiger charge is 2.10. The lowest BCUT2D eigenvalue weighted by Crippen LogP contribution is -1.92. The third kappa shape index (κ3) is 1.46. The number of ether oxygens (including phenoxy) is 1. The minimum absolute atomic E-state index is 0.218. The predicted octanol–water partition coefficient (Wildman–Crippen LogP) is 3.03. The van der Waals surface area contributed by atoms with E-state index in [1.165, 1.54) is 13.2 Å². The summed E-state index contributed by atoms with van der Waals surface area (Å²) in [5, 5.41) is 0.662. The molecule has 3 heteroatoms. The fourth-order valence-electron chi connectivity index (χ4n) is 1.58. The lowest BCUT2D eigenvalue weighted by Gasteiger charge is -2.08. The van der Waals surface area contributed by atoms with Gasteiger partial charge in [0, 0.05) is 6.20 Å². The standard InChI is InChI=1S/C12H10FNO/c1-3-8-6-7-14-10-5-4-9(13)12(15-2)11(8)10/h3-7H,1H2,2H3. The highest BCUT2D eigenvalue weighted by molar-refractivity contribution is 5.92. The Morgan fingerprint density at radius 1 is 1.40 bits per heavy atom. The first kappa shape index (κ1) is 9.65. The van der Waals surface area contributed by atoms with E-state index in [2.05, 4.69) is 11.6 Å². The van der Waals surface area contributed by atoms with E-state index < -0.39 is 0 Å². The van der Waals surface area contributed by atoms with Crippen molar-refractivity contribution in [2.75, 3.05) is 7.11 Å². The molecule has 1 aromatic carbocycles. The summed E-state index contributed by atoms with van der Waals surface area (Å²) in [4.78, 5) is 4.15. The molecule has 0 saturated heterocycles. The third-order valence-electron chi connectivity index (χ3n) is 2.27. The topological polar surface area (TPSA) is 22.1 Å². The lowest BCUT2D eigenvalue weighted by atomic mass is 10.1. The highest BCUT2D eigenvalue weighted by atomic mass is 19.1. The smallest absolute Gasteiger partial charge is 0.165 e. The van der Waals surface area contributed by atoms with Gasteiger partial charge < -0.3 is 4.74 Å². The second-order valence-corrected chi connectivity index (χ2v) is 3.08. The van der Waals surface area contributed by atoms with Crippen LogP contribution in [-0.2, 0) is 0 Å². The van der Waals surface area contributed by atoms with Crippen LogP contribution in [0.25, 0.3) is 17.0 Å². The van der Waals surface area contributed by atoms with Gasteiger partial charge in [0.25, 0.3) is 0 Å². The van der Waals surface area contributed by atoms with Crippen molar-refractivity contribution in [3.05, 3.63) is 42.4 Å². The van der Waals surface area contributed by atoms with Gasteiger partial charge in [0.05, 0.1) is 18.0 Å². The van der Waals surface area contributed by atoms with E-state index in [1.54, 1.807) is 24.4 Å². The van der Waals surface area contributed by atoms with Gasteiger partial charge in [-0.05, 0) is 23.8 Å². The molecule has 0 N–H and O–H groups in total. The fraction of sp³-hybridized carbons (Fsp3) is 0.0833. The van der Waals surface area contributed by atoms with Gasteiger partial charge in [-0.3, -0.25) is 4.98 Å². The molecule has 0 amide bonds. The maximum absolute atomic E-state index is 13.4. The van der Waals surface area contributed by atoms with Crippen LogP contribution < -0.4 is 4.74 Å². The molecule has 0 spiro atoms. The average Bonchev–Trinajstić information content (AvgIpc) is 2.28. The number of halogens is 1. The minimum Gasteiger partial charge on any atom is -0.493 e. The number of benzene rings is 1. The van der Waals surface area contributed by atoms with Gasteiger partial charge in [-0.1, -0.05) is 12.7 Å². The number of nitrogens with zero attached hydrogens (tertiary/aromatic N) is 1. The zero-order chi connectivity index (χ0) is 10.8. The first-order valence-corrected chi connectivity index (χ1v) is 4.51. The van der Waals surface area contributed by atoms with Crippen LogP contribution in [0.1, 0.15) is 5.56 Å². The number of hydrogen-bond donors (Lipinski definition) is 0. The molecule has 0 bridgehead atoms. The molecule has 2 nitrogen and oxygen atoms in total. The number of aromatic nitrogens is 1. The molecule has 1 heterocycles. The Morgan fingerprint density at radius 2 is 2.20 bits per heavy atom. The van der Waals surface area contributed by atoms with Crippen molar-refractivity contribution in [2.24, 2.45) is 0 Å². The molecule has 0 aliphatic carbocycles. The second-order valence-electron chi connectivity index (χ2n) is 3.08. The zero-order valence-corrected chi connectivity index (χ0v) is 8.33. The van der Waals surface area contributed by atoms with Crippen LogP contribution >= 0.6 is 0 Å². The molecule has 0 fully saturated rings. The second kappa shape index (κ2) is 3.69. The minimum atomic E-state index is -0.388. The van der Waals surface area contributed by atoms with Crippen LogP contribution in [0.4, 0.5) is 4.39 Å². The van der Waals surface area contributed by atoms with E-state index in [0.717, 1.165) is 5.56 Å². The van der Waals surface area contributed by atoms with Crippen molar-refractivity contribution in [3.8, 4) is 5.75 Å². The monoisotopic (exact) mass is 203 g/mol. The Morgan fingerprint density at radius 3 is 2.87 bits per heavy atom. The Bertz CT molecular complexity index is 522. The van der Waals surface area contributed by atoms with Crippen molar-refractivity contribution in [2.45, 2.75) is 0 Å². The normalized spacial score (nSPS) is 10.3. The van der Waals surface area contributed by atoms with Crippen molar-refractivity contribution >= 4 is 17.0 Å². The number of methoxy groups -OCH3 is 1. The maximum Gasteiger partial charge on any atom is 0.165 e. The molecule has 0 aliphatic heterocycles. The molecular formula is C12H10FNO. The highest BCUT2D eigenvalue weighted by Crippen LogP contribution is 2.30. The summed E-state index contributed by atoms with van der Waals surface area (Å²) < 4.78 is 18.5. The van der Waals surface area contributed by atoms with Gasteiger partial charge in [0.15, 0.2) is 11.6 Å². The summed E-state index contributed by atoms with van der Waals surface area (Å²) >= 11 is 0. The molecule has 0 atom stereocenters. The molecule has 0 radical (unpaired) electrons. The summed E-state index contributed by atoms with van der Waals surface area (Å²) in [6.07, 6.45) is 3.32. The average molecular weight is 203 g/mol. The molecule has 0 saturated carbocycles. The van der Waals surface area contributed by atoms with Crippen molar-refractivity contribution in [3.63, 3.8) is 0 Å². The molecule has 0 aliphatic rings. The van der Waals surface area contributed by atoms with E-state index in [4.69, 9.17) is 4.74 Å². The number of fused-ring (bicyclic) bond motifs is 1. The largest absolute Gasteiger partial charge is 0.493 e. The Kier molecular flexibility index (Phi) is 2.37. The SMILES string of the molecule is C=Cc1ccnc2ccc(F)c(OC)c12. The molecule has 0 unspecified atom stereocenters.